The molecule has 2 aromatic heterocycles. The van der Waals surface area contributed by atoms with E-state index < -0.39 is 11.2 Å². The number of nitrogens with one attached hydrogen (secondary N) is 2. The highest BCUT2D eigenvalue weighted by Crippen LogP contribution is 2.19. The van der Waals surface area contributed by atoms with E-state index in [1.165, 1.54) is 4.57 Å². The molecule has 0 unspecified atom stereocenters. The summed E-state index contributed by atoms with van der Waals surface area (Å²) in [7, 11) is 1.55. The first-order chi connectivity index (χ1) is 15.4. The zero-order chi connectivity index (χ0) is 22.7. The third-order valence-electron chi connectivity index (χ3n) is 4.72. The van der Waals surface area contributed by atoms with Gasteiger partial charge in [0, 0.05) is 16.6 Å². The number of aryl methyl sites for hydroxylation is 1. The summed E-state index contributed by atoms with van der Waals surface area (Å²) in [5.41, 5.74) is 4.25. The lowest BCUT2D eigenvalue weighted by atomic mass is 10.2. The molecule has 0 atom stereocenters. The van der Waals surface area contributed by atoms with Gasteiger partial charge in [-0.25, -0.2) is 10.2 Å². The van der Waals surface area contributed by atoms with Crippen molar-refractivity contribution in [3.63, 3.8) is 0 Å². The minimum absolute atomic E-state index is 0.254. The van der Waals surface area contributed by atoms with E-state index in [0.717, 1.165) is 15.6 Å². The van der Waals surface area contributed by atoms with Gasteiger partial charge in [-0.2, -0.15) is 10.1 Å². The van der Waals surface area contributed by atoms with Crippen LogP contribution in [0.5, 0.6) is 0 Å². The average molecular weight is 514 g/mol. The van der Waals surface area contributed by atoms with Crippen LogP contribution >= 0.6 is 27.5 Å². The summed E-state index contributed by atoms with van der Waals surface area (Å²) in [5, 5.41) is 4.85. The topological polar surface area (TPSA) is 97.1 Å². The van der Waals surface area contributed by atoms with Crippen molar-refractivity contribution in [2.45, 2.75) is 6.54 Å². The van der Waals surface area contributed by atoms with Crippen LogP contribution in [0.1, 0.15) is 11.1 Å². The van der Waals surface area contributed by atoms with Gasteiger partial charge in [0.25, 0.3) is 5.56 Å². The number of aromatic amines is 1. The van der Waals surface area contributed by atoms with E-state index in [1.807, 2.05) is 48.5 Å². The number of hydrazone groups is 1. The summed E-state index contributed by atoms with van der Waals surface area (Å²) < 4.78 is 3.69. The monoisotopic (exact) mass is 512 g/mol. The molecular weight excluding hydrogens is 496 g/mol. The number of nitrogens with zero attached hydrogens (tertiary/aromatic N) is 4. The lowest BCUT2D eigenvalue weighted by molar-refractivity contribution is 0.808. The molecular formula is C22H18BrClN6O2. The van der Waals surface area contributed by atoms with E-state index in [0.29, 0.717) is 17.5 Å². The summed E-state index contributed by atoms with van der Waals surface area (Å²) in [6.07, 6.45) is 3.50. The summed E-state index contributed by atoms with van der Waals surface area (Å²) in [6, 6.07) is 17.0. The molecule has 4 rings (SSSR count). The van der Waals surface area contributed by atoms with E-state index in [9.17, 15) is 9.59 Å². The van der Waals surface area contributed by atoms with Crippen molar-refractivity contribution in [1.82, 2.24) is 19.1 Å². The van der Waals surface area contributed by atoms with Crippen molar-refractivity contribution in [2.24, 2.45) is 12.1 Å². The van der Waals surface area contributed by atoms with Crippen LogP contribution in [0.15, 0.2) is 73.8 Å². The largest absolute Gasteiger partial charge is 0.329 e. The summed E-state index contributed by atoms with van der Waals surface area (Å²) in [5.74, 6) is 0.318. The van der Waals surface area contributed by atoms with Crippen LogP contribution in [0.25, 0.3) is 17.2 Å². The number of anilines is 1. The normalized spacial score (nSPS) is 12.0. The smallest absolute Gasteiger partial charge is 0.298 e. The Kier molecular flexibility index (Phi) is 6.38. The molecule has 2 aromatic carbocycles. The number of rotatable bonds is 6. The van der Waals surface area contributed by atoms with Crippen molar-refractivity contribution in [3.05, 3.63) is 96.1 Å². The van der Waals surface area contributed by atoms with Gasteiger partial charge in [-0.05, 0) is 45.3 Å². The summed E-state index contributed by atoms with van der Waals surface area (Å²) in [6.45, 7) is 0.327. The predicted octanol–water partition coefficient (Wildman–Crippen LogP) is 3.96. The number of benzene rings is 2. The standard InChI is InChI=1S/C22H18BrClN6O2/c1-29-19-18(20(31)27-22(29)32)30(13-15-7-9-17(24)10-8-15)21(26-19)28-25-12-16(23)11-14-5-3-2-4-6-14/h2-12H,13H2,1H3,(H,26,28)(H,27,31,32)/b16-11-,25-12+. The van der Waals surface area contributed by atoms with Gasteiger partial charge in [0.1, 0.15) is 0 Å². The van der Waals surface area contributed by atoms with Gasteiger partial charge in [-0.3, -0.25) is 18.9 Å². The highest BCUT2D eigenvalue weighted by Gasteiger charge is 2.17. The number of aromatic nitrogens is 4. The molecule has 4 aromatic rings. The Bertz CT molecular complexity index is 1440. The molecule has 162 valence electrons. The second-order valence-electron chi connectivity index (χ2n) is 6.95. The van der Waals surface area contributed by atoms with Gasteiger partial charge in [0.2, 0.25) is 5.95 Å². The lowest BCUT2D eigenvalue weighted by Gasteiger charge is -2.08. The zero-order valence-electron chi connectivity index (χ0n) is 16.9. The van der Waals surface area contributed by atoms with Crippen LogP contribution in [-0.4, -0.2) is 25.3 Å². The number of H-pyrrole nitrogens is 1. The van der Waals surface area contributed by atoms with Crippen LogP contribution in [0.4, 0.5) is 5.95 Å². The van der Waals surface area contributed by atoms with Crippen LogP contribution in [0.3, 0.4) is 0 Å². The maximum atomic E-state index is 12.6. The summed E-state index contributed by atoms with van der Waals surface area (Å²) in [4.78, 5) is 31.4. The van der Waals surface area contributed by atoms with E-state index >= 15 is 0 Å². The lowest BCUT2D eigenvalue weighted by Crippen LogP contribution is -2.29. The first-order valence-electron chi connectivity index (χ1n) is 9.57. The Hall–Kier alpha value is -3.43. The fraction of sp³-hybridized carbons (Fsp3) is 0.0909. The van der Waals surface area contributed by atoms with E-state index in [-0.39, 0.29) is 11.2 Å². The molecule has 0 saturated carbocycles. The van der Waals surface area contributed by atoms with Crippen molar-refractivity contribution in [3.8, 4) is 0 Å². The molecule has 0 fully saturated rings. The van der Waals surface area contributed by atoms with Crippen molar-refractivity contribution < 1.29 is 0 Å². The molecule has 0 bridgehead atoms. The minimum Gasteiger partial charge on any atom is -0.298 e. The Morgan fingerprint density at radius 3 is 2.62 bits per heavy atom. The first kappa shape index (κ1) is 21.8. The second-order valence-corrected chi connectivity index (χ2v) is 8.30. The maximum absolute atomic E-state index is 12.6. The molecule has 2 heterocycles. The Balaban J connectivity index is 1.71. The highest BCUT2D eigenvalue weighted by molar-refractivity contribution is 9.12. The summed E-state index contributed by atoms with van der Waals surface area (Å²) >= 11 is 9.45. The molecule has 0 radical (unpaired) electrons. The van der Waals surface area contributed by atoms with E-state index in [2.05, 4.69) is 36.4 Å². The van der Waals surface area contributed by atoms with Gasteiger partial charge < -0.3 is 0 Å². The third-order valence-corrected chi connectivity index (χ3v) is 5.40. The molecule has 2 N–H and O–H groups in total. The van der Waals surface area contributed by atoms with Gasteiger partial charge >= 0.3 is 5.69 Å². The zero-order valence-corrected chi connectivity index (χ0v) is 19.3. The van der Waals surface area contributed by atoms with Crippen molar-refractivity contribution in [1.29, 1.82) is 0 Å². The molecule has 0 saturated heterocycles. The van der Waals surface area contributed by atoms with Crippen LogP contribution in [0.2, 0.25) is 5.02 Å². The van der Waals surface area contributed by atoms with Gasteiger partial charge in [0.15, 0.2) is 11.2 Å². The molecule has 0 spiro atoms. The van der Waals surface area contributed by atoms with Crippen molar-refractivity contribution >= 4 is 56.9 Å². The Labute approximate surface area is 196 Å². The van der Waals surface area contributed by atoms with Gasteiger partial charge in [-0.1, -0.05) is 54.1 Å². The molecule has 0 aliphatic rings. The Morgan fingerprint density at radius 1 is 1.19 bits per heavy atom. The van der Waals surface area contributed by atoms with E-state index in [4.69, 9.17) is 11.6 Å². The number of imidazole rings is 1. The van der Waals surface area contributed by atoms with Crippen LogP contribution in [0, 0.1) is 0 Å². The van der Waals surface area contributed by atoms with Gasteiger partial charge in [-0.15, -0.1) is 0 Å². The quantitative estimate of drug-likeness (QED) is 0.301. The third kappa shape index (κ3) is 4.74. The Morgan fingerprint density at radius 2 is 1.91 bits per heavy atom. The molecule has 10 heteroatoms. The number of hydrogen-bond donors (Lipinski definition) is 2. The molecule has 0 aliphatic carbocycles. The number of hydrogen-bond acceptors (Lipinski definition) is 5. The number of allylic oxidation sites excluding steroid dienone is 1. The predicted molar refractivity (Wildman–Crippen MR) is 132 cm³/mol. The second kappa shape index (κ2) is 9.37. The van der Waals surface area contributed by atoms with Gasteiger partial charge in [0.05, 0.1) is 12.8 Å². The SMILES string of the molecule is Cn1c(=O)[nH]c(=O)c2c1nc(N/N=C/C(Br)=C/c1ccccc1)n2Cc1ccc(Cl)cc1. The average Bonchev–Trinajstić information content (AvgIpc) is 3.13. The first-order valence-corrected chi connectivity index (χ1v) is 10.7. The minimum atomic E-state index is -0.540. The van der Waals surface area contributed by atoms with Crippen LogP contribution < -0.4 is 16.7 Å². The number of halogens is 2. The molecule has 0 amide bonds. The molecule has 8 nitrogen and oxygen atoms in total. The van der Waals surface area contributed by atoms with Crippen LogP contribution in [-0.2, 0) is 13.6 Å². The highest BCUT2D eigenvalue weighted by atomic mass is 79.9. The fourth-order valence-electron chi connectivity index (χ4n) is 3.14. The van der Waals surface area contributed by atoms with Crippen molar-refractivity contribution in [2.75, 3.05) is 5.43 Å². The van der Waals surface area contributed by atoms with E-state index in [1.54, 1.807) is 30.0 Å². The maximum Gasteiger partial charge on any atom is 0.329 e. The molecule has 0 aliphatic heterocycles. The fourth-order valence-corrected chi connectivity index (χ4v) is 3.64. The number of fused-ring (bicyclic) bond motifs is 1. The molecule has 32 heavy (non-hydrogen) atoms.